The first-order valence-electron chi connectivity index (χ1n) is 10.0. The molecule has 0 bridgehead atoms. The fourth-order valence-corrected chi connectivity index (χ4v) is 4.14. The molecule has 0 unspecified atom stereocenters. The van der Waals surface area contributed by atoms with Crippen molar-refractivity contribution < 1.29 is 14.3 Å². The van der Waals surface area contributed by atoms with Crippen LogP contribution in [0, 0.1) is 0 Å². The van der Waals surface area contributed by atoms with Gasteiger partial charge in [-0.05, 0) is 37.1 Å². The predicted octanol–water partition coefficient (Wildman–Crippen LogP) is 2.53. The van der Waals surface area contributed by atoms with Crippen molar-refractivity contribution in [2.75, 3.05) is 44.7 Å². The summed E-state index contributed by atoms with van der Waals surface area (Å²) >= 11 is 0. The molecule has 2 fully saturated rings. The molecule has 1 saturated heterocycles. The predicted molar refractivity (Wildman–Crippen MR) is 106 cm³/mol. The van der Waals surface area contributed by atoms with Crippen LogP contribution in [0.15, 0.2) is 24.3 Å². The lowest BCUT2D eigenvalue weighted by atomic mass is 9.94. The van der Waals surface area contributed by atoms with Crippen LogP contribution < -0.4 is 9.64 Å². The molecule has 0 N–H and O–H groups in total. The first-order valence-corrected chi connectivity index (χ1v) is 10.0. The molecule has 1 heterocycles. The largest absolute Gasteiger partial charge is 0.497 e. The lowest BCUT2D eigenvalue weighted by molar-refractivity contribution is -0.142. The fourth-order valence-electron chi connectivity index (χ4n) is 4.14. The molecule has 6 heteroatoms. The normalized spacial score (nSPS) is 18.3. The number of hydrogen-bond donors (Lipinski definition) is 0. The van der Waals surface area contributed by atoms with Crippen LogP contribution in [0.2, 0.25) is 0 Å². The summed E-state index contributed by atoms with van der Waals surface area (Å²) < 4.78 is 5.21. The van der Waals surface area contributed by atoms with Crippen molar-refractivity contribution in [2.45, 2.75) is 45.1 Å². The molecule has 1 aromatic carbocycles. The average Bonchev–Trinajstić information content (AvgIpc) is 2.72. The molecule has 1 aliphatic heterocycles. The molecule has 27 heavy (non-hydrogen) atoms. The molecule has 2 aliphatic rings. The van der Waals surface area contributed by atoms with Crippen LogP contribution in [0.3, 0.4) is 0 Å². The number of methoxy groups -OCH3 is 1. The third-order valence-corrected chi connectivity index (χ3v) is 5.80. The molecular formula is C21H31N3O3. The minimum absolute atomic E-state index is 0.0205. The van der Waals surface area contributed by atoms with E-state index in [4.69, 9.17) is 4.74 Å². The van der Waals surface area contributed by atoms with Crippen molar-refractivity contribution in [1.82, 2.24) is 9.80 Å². The van der Waals surface area contributed by atoms with Crippen LogP contribution in [0.25, 0.3) is 0 Å². The van der Waals surface area contributed by atoms with Crippen molar-refractivity contribution in [3.63, 3.8) is 0 Å². The van der Waals surface area contributed by atoms with E-state index in [0.29, 0.717) is 13.1 Å². The molecule has 1 saturated carbocycles. The van der Waals surface area contributed by atoms with Gasteiger partial charge in [-0.15, -0.1) is 0 Å². The number of ether oxygens (including phenoxy) is 1. The highest BCUT2D eigenvalue weighted by atomic mass is 16.5. The van der Waals surface area contributed by atoms with Gasteiger partial charge in [0.1, 0.15) is 5.75 Å². The van der Waals surface area contributed by atoms with Crippen LogP contribution >= 0.6 is 0 Å². The Balaban J connectivity index is 1.53. The van der Waals surface area contributed by atoms with Crippen molar-refractivity contribution in [2.24, 2.45) is 0 Å². The first-order chi connectivity index (χ1) is 13.1. The average molecular weight is 373 g/mol. The number of nitrogens with zero attached hydrogens (tertiary/aromatic N) is 3. The highest BCUT2D eigenvalue weighted by Crippen LogP contribution is 2.23. The van der Waals surface area contributed by atoms with Crippen molar-refractivity contribution in [1.29, 1.82) is 0 Å². The maximum absolute atomic E-state index is 12.8. The minimum Gasteiger partial charge on any atom is -0.497 e. The summed E-state index contributed by atoms with van der Waals surface area (Å²) in [6.07, 6.45) is 5.60. The van der Waals surface area contributed by atoms with Crippen molar-refractivity contribution >= 4 is 17.5 Å². The Bertz CT molecular complexity index is 633. The van der Waals surface area contributed by atoms with Gasteiger partial charge in [-0.25, -0.2) is 0 Å². The Hall–Kier alpha value is -2.24. The molecule has 148 valence electrons. The van der Waals surface area contributed by atoms with Gasteiger partial charge in [-0.2, -0.15) is 0 Å². The monoisotopic (exact) mass is 373 g/mol. The summed E-state index contributed by atoms with van der Waals surface area (Å²) in [6, 6.07) is 8.26. The van der Waals surface area contributed by atoms with E-state index in [1.165, 1.54) is 6.42 Å². The first kappa shape index (κ1) is 19.5. The van der Waals surface area contributed by atoms with Crippen LogP contribution in [0.1, 0.15) is 39.0 Å². The van der Waals surface area contributed by atoms with Gasteiger partial charge in [0, 0.05) is 44.8 Å². The summed E-state index contributed by atoms with van der Waals surface area (Å²) in [5.41, 5.74) is 1.15. The molecule has 0 spiro atoms. The van der Waals surface area contributed by atoms with E-state index in [1.807, 2.05) is 17.0 Å². The molecule has 2 amide bonds. The highest BCUT2D eigenvalue weighted by molar-refractivity contribution is 5.84. The molecule has 1 aromatic rings. The quantitative estimate of drug-likeness (QED) is 0.796. The van der Waals surface area contributed by atoms with Crippen LogP contribution in [-0.4, -0.2) is 67.5 Å². The van der Waals surface area contributed by atoms with E-state index in [0.717, 1.165) is 50.2 Å². The van der Waals surface area contributed by atoms with Gasteiger partial charge in [-0.3, -0.25) is 9.59 Å². The van der Waals surface area contributed by atoms with Gasteiger partial charge in [0.05, 0.1) is 13.7 Å². The number of carbonyl (C=O) groups excluding carboxylic acids is 2. The van der Waals surface area contributed by atoms with E-state index in [2.05, 4.69) is 17.0 Å². The van der Waals surface area contributed by atoms with Crippen molar-refractivity contribution in [3.8, 4) is 5.75 Å². The number of amides is 2. The standard InChI is InChI=1S/C21H31N3O3/c1-17(25)24(19-6-4-3-5-7-19)16-21(26)23-14-12-22(13-15-23)18-8-10-20(27-2)11-9-18/h8-11,19H,3-7,12-16H2,1-2H3. The molecule has 0 atom stereocenters. The number of rotatable bonds is 5. The maximum atomic E-state index is 12.8. The number of piperazine rings is 1. The highest BCUT2D eigenvalue weighted by Gasteiger charge is 2.28. The second-order valence-corrected chi connectivity index (χ2v) is 7.50. The lowest BCUT2D eigenvalue weighted by Crippen LogP contribution is -2.53. The number of carbonyl (C=O) groups is 2. The van der Waals surface area contributed by atoms with Gasteiger partial charge in [0.25, 0.3) is 0 Å². The van der Waals surface area contributed by atoms with E-state index in [9.17, 15) is 9.59 Å². The second kappa shape index (κ2) is 9.11. The topological polar surface area (TPSA) is 53.1 Å². The smallest absolute Gasteiger partial charge is 0.242 e. The van der Waals surface area contributed by atoms with Gasteiger partial charge >= 0.3 is 0 Å². The summed E-state index contributed by atoms with van der Waals surface area (Å²) in [4.78, 5) is 30.9. The minimum atomic E-state index is 0.0205. The summed E-state index contributed by atoms with van der Waals surface area (Å²) in [5.74, 6) is 0.942. The van der Waals surface area contributed by atoms with Crippen LogP contribution in [-0.2, 0) is 9.59 Å². The Morgan fingerprint density at radius 1 is 1.04 bits per heavy atom. The molecule has 0 aromatic heterocycles. The lowest BCUT2D eigenvalue weighted by Gasteiger charge is -2.38. The summed E-state index contributed by atoms with van der Waals surface area (Å²) in [5, 5.41) is 0. The summed E-state index contributed by atoms with van der Waals surface area (Å²) in [7, 11) is 1.66. The Labute approximate surface area is 162 Å². The van der Waals surface area contributed by atoms with Crippen molar-refractivity contribution in [3.05, 3.63) is 24.3 Å². The third-order valence-electron chi connectivity index (χ3n) is 5.80. The number of hydrogen-bond acceptors (Lipinski definition) is 4. The summed E-state index contributed by atoms with van der Waals surface area (Å²) in [6.45, 7) is 4.82. The van der Waals surface area contributed by atoms with Gasteiger partial charge in [0.15, 0.2) is 0 Å². The van der Waals surface area contributed by atoms with Gasteiger partial charge in [0.2, 0.25) is 11.8 Å². The maximum Gasteiger partial charge on any atom is 0.242 e. The molecule has 3 rings (SSSR count). The zero-order valence-electron chi connectivity index (χ0n) is 16.5. The number of benzene rings is 1. The molecule has 0 radical (unpaired) electrons. The SMILES string of the molecule is COc1ccc(N2CCN(C(=O)CN(C(C)=O)C3CCCCC3)CC2)cc1. The second-order valence-electron chi connectivity index (χ2n) is 7.50. The fraction of sp³-hybridized carbons (Fsp3) is 0.619. The Kier molecular flexibility index (Phi) is 6.58. The number of anilines is 1. The Morgan fingerprint density at radius 3 is 2.22 bits per heavy atom. The molecule has 6 nitrogen and oxygen atoms in total. The van der Waals surface area contributed by atoms with Gasteiger partial charge < -0.3 is 19.4 Å². The van der Waals surface area contributed by atoms with E-state index in [1.54, 1.807) is 18.9 Å². The van der Waals surface area contributed by atoms with E-state index in [-0.39, 0.29) is 24.4 Å². The third kappa shape index (κ3) is 4.93. The van der Waals surface area contributed by atoms with Gasteiger partial charge in [-0.1, -0.05) is 19.3 Å². The zero-order valence-corrected chi connectivity index (χ0v) is 16.5. The molecular weight excluding hydrogens is 342 g/mol. The van der Waals surface area contributed by atoms with Crippen LogP contribution in [0.4, 0.5) is 5.69 Å². The zero-order chi connectivity index (χ0) is 19.2. The van der Waals surface area contributed by atoms with Crippen LogP contribution in [0.5, 0.6) is 5.75 Å². The van der Waals surface area contributed by atoms with E-state index >= 15 is 0 Å². The molecule has 1 aliphatic carbocycles. The Morgan fingerprint density at radius 2 is 1.67 bits per heavy atom. The van der Waals surface area contributed by atoms with E-state index < -0.39 is 0 Å².